The molecule has 4 heteroatoms. The molecule has 1 aromatic carbocycles. The van der Waals surface area contributed by atoms with Crippen LogP contribution in [0.2, 0.25) is 0 Å². The molecule has 0 amide bonds. The number of methoxy groups -OCH3 is 1. The minimum absolute atomic E-state index is 0.192. The summed E-state index contributed by atoms with van der Waals surface area (Å²) < 4.78 is 5.09. The second-order valence-electron chi connectivity index (χ2n) is 4.63. The molecule has 0 aliphatic carbocycles. The molecule has 0 saturated carbocycles. The fraction of sp³-hybridized carbons (Fsp3) is 0.538. The Morgan fingerprint density at radius 3 is 3.00 bits per heavy atom. The lowest BCUT2D eigenvalue weighted by atomic mass is 10.2. The van der Waals surface area contributed by atoms with Crippen LogP contribution in [-0.2, 0) is 6.54 Å². The summed E-state index contributed by atoms with van der Waals surface area (Å²) in [5, 5.41) is 13.0. The maximum Gasteiger partial charge on any atom is 0.160 e. The Morgan fingerprint density at radius 2 is 2.35 bits per heavy atom. The van der Waals surface area contributed by atoms with E-state index in [4.69, 9.17) is 4.74 Å². The maximum absolute atomic E-state index is 9.50. The highest BCUT2D eigenvalue weighted by atomic mass is 16.5. The zero-order valence-electron chi connectivity index (χ0n) is 10.4. The molecule has 94 valence electrons. The third kappa shape index (κ3) is 3.11. The third-order valence-corrected chi connectivity index (χ3v) is 3.23. The summed E-state index contributed by atoms with van der Waals surface area (Å²) >= 11 is 0. The maximum atomic E-state index is 9.50. The highest BCUT2D eigenvalue weighted by molar-refractivity contribution is 5.41. The second-order valence-corrected chi connectivity index (χ2v) is 4.63. The Bertz CT molecular complexity index is 382. The zero-order valence-corrected chi connectivity index (χ0v) is 10.4. The van der Waals surface area contributed by atoms with Gasteiger partial charge in [0.2, 0.25) is 0 Å². The summed E-state index contributed by atoms with van der Waals surface area (Å²) in [6.07, 6.45) is 1.20. The van der Waals surface area contributed by atoms with Crippen molar-refractivity contribution in [2.45, 2.75) is 19.0 Å². The molecule has 17 heavy (non-hydrogen) atoms. The Kier molecular flexibility index (Phi) is 3.86. The van der Waals surface area contributed by atoms with Gasteiger partial charge in [-0.3, -0.25) is 0 Å². The van der Waals surface area contributed by atoms with E-state index in [-0.39, 0.29) is 5.75 Å². The van der Waals surface area contributed by atoms with Gasteiger partial charge in [0.25, 0.3) is 0 Å². The largest absolute Gasteiger partial charge is 0.504 e. The summed E-state index contributed by atoms with van der Waals surface area (Å²) in [4.78, 5) is 2.33. The summed E-state index contributed by atoms with van der Waals surface area (Å²) in [6.45, 7) is 3.08. The van der Waals surface area contributed by atoms with E-state index in [1.807, 2.05) is 12.1 Å². The molecule has 1 heterocycles. The lowest BCUT2D eigenvalue weighted by molar-refractivity contribution is 0.372. The van der Waals surface area contributed by atoms with Gasteiger partial charge in [0, 0.05) is 19.1 Å². The van der Waals surface area contributed by atoms with E-state index in [1.54, 1.807) is 13.2 Å². The average molecular weight is 236 g/mol. The number of hydrogen-bond donors (Lipinski definition) is 2. The monoisotopic (exact) mass is 236 g/mol. The number of aromatic hydroxyl groups is 1. The molecular weight excluding hydrogens is 216 g/mol. The van der Waals surface area contributed by atoms with Gasteiger partial charge < -0.3 is 20.1 Å². The summed E-state index contributed by atoms with van der Waals surface area (Å²) in [5.74, 6) is 0.727. The summed E-state index contributed by atoms with van der Waals surface area (Å²) in [5.41, 5.74) is 1.13. The number of nitrogens with zero attached hydrogens (tertiary/aromatic N) is 1. The molecule has 2 rings (SSSR count). The Hall–Kier alpha value is -1.26. The lowest BCUT2D eigenvalue weighted by Gasteiger charge is -2.13. The number of phenols is 1. The van der Waals surface area contributed by atoms with Crippen molar-refractivity contribution in [3.8, 4) is 11.5 Å². The van der Waals surface area contributed by atoms with E-state index in [0.29, 0.717) is 11.8 Å². The van der Waals surface area contributed by atoms with E-state index in [0.717, 1.165) is 25.2 Å². The number of likely N-dealkylation sites (N-methyl/N-ethyl adjacent to an activating group) is 1. The second kappa shape index (κ2) is 5.38. The molecule has 0 radical (unpaired) electrons. The van der Waals surface area contributed by atoms with Crippen molar-refractivity contribution in [2.75, 3.05) is 27.2 Å². The summed E-state index contributed by atoms with van der Waals surface area (Å²) in [6, 6.07) is 6.04. The number of hydrogen-bond acceptors (Lipinski definition) is 4. The first-order valence-electron chi connectivity index (χ1n) is 5.97. The molecule has 1 aliphatic heterocycles. The zero-order chi connectivity index (χ0) is 12.3. The summed E-state index contributed by atoms with van der Waals surface area (Å²) in [7, 11) is 3.71. The van der Waals surface area contributed by atoms with Gasteiger partial charge in [-0.25, -0.2) is 0 Å². The van der Waals surface area contributed by atoms with E-state index in [1.165, 1.54) is 6.42 Å². The van der Waals surface area contributed by atoms with E-state index in [2.05, 4.69) is 17.3 Å². The fourth-order valence-electron chi connectivity index (χ4n) is 2.20. The fourth-order valence-corrected chi connectivity index (χ4v) is 2.20. The molecule has 2 N–H and O–H groups in total. The molecule has 1 atom stereocenters. The van der Waals surface area contributed by atoms with Gasteiger partial charge in [-0.15, -0.1) is 0 Å². The average Bonchev–Trinajstić information content (AvgIpc) is 2.74. The number of nitrogens with one attached hydrogen (secondary N) is 1. The van der Waals surface area contributed by atoms with Crippen LogP contribution in [0.25, 0.3) is 0 Å². The van der Waals surface area contributed by atoms with Crippen LogP contribution in [0.1, 0.15) is 12.0 Å². The Morgan fingerprint density at radius 1 is 1.53 bits per heavy atom. The van der Waals surface area contributed by atoms with Crippen LogP contribution in [-0.4, -0.2) is 43.3 Å². The first-order chi connectivity index (χ1) is 8.19. The van der Waals surface area contributed by atoms with Crippen LogP contribution in [0.5, 0.6) is 11.5 Å². The van der Waals surface area contributed by atoms with Crippen molar-refractivity contribution < 1.29 is 9.84 Å². The molecular formula is C13H20N2O2. The van der Waals surface area contributed by atoms with Crippen molar-refractivity contribution in [3.63, 3.8) is 0 Å². The third-order valence-electron chi connectivity index (χ3n) is 3.23. The molecule has 1 aliphatic rings. The molecule has 0 bridgehead atoms. The minimum atomic E-state index is 0.192. The van der Waals surface area contributed by atoms with Crippen LogP contribution in [0.4, 0.5) is 0 Å². The highest BCUT2D eigenvalue weighted by Crippen LogP contribution is 2.26. The lowest BCUT2D eigenvalue weighted by Crippen LogP contribution is -2.30. The quantitative estimate of drug-likeness (QED) is 0.824. The van der Waals surface area contributed by atoms with E-state index >= 15 is 0 Å². The van der Waals surface area contributed by atoms with Crippen molar-refractivity contribution >= 4 is 0 Å². The molecule has 0 spiro atoms. The smallest absolute Gasteiger partial charge is 0.160 e. The SMILES string of the molecule is COc1cc(CNC2CCN(C)C2)ccc1O. The van der Waals surface area contributed by atoms with Gasteiger partial charge in [0.15, 0.2) is 11.5 Å². The van der Waals surface area contributed by atoms with Crippen LogP contribution in [0, 0.1) is 0 Å². The van der Waals surface area contributed by atoms with Crippen LogP contribution >= 0.6 is 0 Å². The molecule has 4 nitrogen and oxygen atoms in total. The van der Waals surface area contributed by atoms with Gasteiger partial charge in [0.05, 0.1) is 7.11 Å². The highest BCUT2D eigenvalue weighted by Gasteiger charge is 2.18. The van der Waals surface area contributed by atoms with Crippen molar-refractivity contribution in [1.82, 2.24) is 10.2 Å². The van der Waals surface area contributed by atoms with Gasteiger partial charge in [-0.05, 0) is 37.7 Å². The molecule has 1 saturated heterocycles. The van der Waals surface area contributed by atoms with Gasteiger partial charge in [-0.1, -0.05) is 6.07 Å². The van der Waals surface area contributed by atoms with E-state index in [9.17, 15) is 5.11 Å². The predicted octanol–water partition coefficient (Wildman–Crippen LogP) is 1.19. The number of benzene rings is 1. The van der Waals surface area contributed by atoms with Gasteiger partial charge >= 0.3 is 0 Å². The van der Waals surface area contributed by atoms with Crippen molar-refractivity contribution in [1.29, 1.82) is 0 Å². The normalized spacial score (nSPS) is 20.7. The topological polar surface area (TPSA) is 44.7 Å². The number of phenolic OH excluding ortho intramolecular Hbond substituents is 1. The van der Waals surface area contributed by atoms with Gasteiger partial charge in [-0.2, -0.15) is 0 Å². The van der Waals surface area contributed by atoms with Gasteiger partial charge in [0.1, 0.15) is 0 Å². The molecule has 1 unspecified atom stereocenters. The van der Waals surface area contributed by atoms with Crippen LogP contribution in [0.3, 0.4) is 0 Å². The number of ether oxygens (including phenoxy) is 1. The Balaban J connectivity index is 1.90. The van der Waals surface area contributed by atoms with Crippen molar-refractivity contribution in [3.05, 3.63) is 23.8 Å². The van der Waals surface area contributed by atoms with Crippen molar-refractivity contribution in [2.24, 2.45) is 0 Å². The number of likely N-dealkylation sites (tertiary alicyclic amines) is 1. The van der Waals surface area contributed by atoms with Crippen LogP contribution < -0.4 is 10.1 Å². The molecule has 1 fully saturated rings. The molecule has 1 aromatic rings. The molecule has 0 aromatic heterocycles. The predicted molar refractivity (Wildman–Crippen MR) is 67.4 cm³/mol. The first kappa shape index (κ1) is 12.2. The standard InChI is InChI=1S/C13H20N2O2/c1-15-6-5-11(9-15)14-8-10-3-4-12(16)13(7-10)17-2/h3-4,7,11,14,16H,5-6,8-9H2,1-2H3. The van der Waals surface area contributed by atoms with Crippen LogP contribution in [0.15, 0.2) is 18.2 Å². The van der Waals surface area contributed by atoms with E-state index < -0.39 is 0 Å². The first-order valence-corrected chi connectivity index (χ1v) is 5.97. The minimum Gasteiger partial charge on any atom is -0.504 e. The number of rotatable bonds is 4. The Labute approximate surface area is 102 Å².